The molecule has 0 aliphatic heterocycles. The van der Waals surface area contributed by atoms with Crippen LogP contribution < -0.4 is 10.6 Å². The van der Waals surface area contributed by atoms with Gasteiger partial charge < -0.3 is 15.2 Å². The summed E-state index contributed by atoms with van der Waals surface area (Å²) >= 11 is 12.1. The minimum atomic E-state index is -0.00735. The van der Waals surface area contributed by atoms with E-state index in [0.717, 1.165) is 17.2 Å². The highest BCUT2D eigenvalue weighted by atomic mass is 35.5. The summed E-state index contributed by atoms with van der Waals surface area (Å²) in [6.45, 7) is 8.66. The number of halogens is 2. The van der Waals surface area contributed by atoms with E-state index < -0.39 is 0 Å². The smallest absolute Gasteiger partial charge is 0.192 e. The molecule has 1 heterocycles. The lowest BCUT2D eigenvalue weighted by molar-refractivity contribution is 0.685. The van der Waals surface area contributed by atoms with Crippen molar-refractivity contribution in [2.24, 2.45) is 12.0 Å². The summed E-state index contributed by atoms with van der Waals surface area (Å²) in [6, 6.07) is 5.56. The van der Waals surface area contributed by atoms with E-state index in [9.17, 15) is 0 Å². The highest BCUT2D eigenvalue weighted by Crippen LogP contribution is 2.25. The topological polar surface area (TPSA) is 67.1 Å². The maximum atomic E-state index is 6.10. The fourth-order valence-electron chi connectivity index (χ4n) is 2.13. The third kappa shape index (κ3) is 5.21. The molecule has 8 heteroatoms. The van der Waals surface area contributed by atoms with Crippen molar-refractivity contribution in [3.8, 4) is 0 Å². The predicted octanol–water partition coefficient (Wildman–Crippen LogP) is 3.41. The molecule has 25 heavy (non-hydrogen) atoms. The molecule has 0 saturated heterocycles. The normalized spacial score (nSPS) is 12.8. The maximum absolute atomic E-state index is 6.10. The minimum absolute atomic E-state index is 0.00735. The second kappa shape index (κ2) is 8.87. The van der Waals surface area contributed by atoms with E-state index >= 15 is 0 Å². The van der Waals surface area contributed by atoms with E-state index in [1.54, 1.807) is 12.1 Å². The van der Waals surface area contributed by atoms with Crippen molar-refractivity contribution in [1.29, 1.82) is 0 Å². The fourth-order valence-corrected chi connectivity index (χ4v) is 2.44. The Bertz CT molecular complexity index is 768. The van der Waals surface area contributed by atoms with Crippen molar-refractivity contribution in [2.45, 2.75) is 26.4 Å². The van der Waals surface area contributed by atoms with Gasteiger partial charge in [0.15, 0.2) is 11.8 Å². The molecule has 1 atom stereocenters. The van der Waals surface area contributed by atoms with Crippen molar-refractivity contribution in [3.05, 3.63) is 58.1 Å². The molecule has 1 aromatic carbocycles. The zero-order chi connectivity index (χ0) is 18.4. The number of aromatic nitrogens is 3. The van der Waals surface area contributed by atoms with Crippen LogP contribution in [0.4, 0.5) is 0 Å². The van der Waals surface area contributed by atoms with Gasteiger partial charge in [0, 0.05) is 13.6 Å². The Hall–Kier alpha value is -2.05. The first kappa shape index (κ1) is 19.3. The number of aryl methyl sites for hydroxylation is 1. The van der Waals surface area contributed by atoms with E-state index in [4.69, 9.17) is 23.2 Å². The van der Waals surface area contributed by atoms with Crippen LogP contribution in [0, 0.1) is 6.92 Å². The summed E-state index contributed by atoms with van der Waals surface area (Å²) in [4.78, 5) is 4.58. The number of nitrogens with zero attached hydrogens (tertiary/aromatic N) is 4. The zero-order valence-corrected chi connectivity index (χ0v) is 16.1. The van der Waals surface area contributed by atoms with Gasteiger partial charge in [0.25, 0.3) is 0 Å². The lowest BCUT2D eigenvalue weighted by Crippen LogP contribution is -2.39. The number of guanidine groups is 1. The number of aliphatic imine (C=N–C) groups is 1. The third-order valence-corrected chi connectivity index (χ3v) is 4.51. The Morgan fingerprint density at radius 1 is 1.36 bits per heavy atom. The molecule has 0 aliphatic carbocycles. The first-order valence-corrected chi connectivity index (χ1v) is 8.63. The van der Waals surface area contributed by atoms with Crippen LogP contribution in [0.3, 0.4) is 0 Å². The molecule has 0 spiro atoms. The van der Waals surface area contributed by atoms with Crippen molar-refractivity contribution in [1.82, 2.24) is 25.4 Å². The molecule has 0 bridgehead atoms. The molecule has 1 aromatic heterocycles. The van der Waals surface area contributed by atoms with E-state index in [2.05, 4.69) is 32.4 Å². The van der Waals surface area contributed by atoms with E-state index in [1.165, 1.54) is 0 Å². The molecule has 0 saturated carbocycles. The van der Waals surface area contributed by atoms with Crippen LogP contribution in [-0.4, -0.2) is 27.3 Å². The summed E-state index contributed by atoms with van der Waals surface area (Å²) in [5.74, 6) is 2.29. The zero-order valence-electron chi connectivity index (χ0n) is 14.6. The van der Waals surface area contributed by atoms with Gasteiger partial charge in [-0.2, -0.15) is 0 Å². The van der Waals surface area contributed by atoms with Gasteiger partial charge in [-0.25, -0.2) is 4.99 Å². The molecule has 0 radical (unpaired) electrons. The fraction of sp³-hybridized carbons (Fsp3) is 0.353. The van der Waals surface area contributed by atoms with Gasteiger partial charge in [0.1, 0.15) is 12.4 Å². The van der Waals surface area contributed by atoms with Gasteiger partial charge in [0.05, 0.1) is 16.1 Å². The molecule has 2 rings (SSSR count). The number of hydrogen-bond acceptors (Lipinski definition) is 3. The Labute approximate surface area is 158 Å². The molecule has 6 nitrogen and oxygen atoms in total. The van der Waals surface area contributed by atoms with Crippen LogP contribution in [-0.2, 0) is 13.6 Å². The Kier molecular flexibility index (Phi) is 6.84. The molecular weight excluding hydrogens is 359 g/mol. The number of benzene rings is 1. The van der Waals surface area contributed by atoms with Crippen molar-refractivity contribution >= 4 is 29.2 Å². The average molecular weight is 381 g/mol. The van der Waals surface area contributed by atoms with Gasteiger partial charge in [-0.1, -0.05) is 35.3 Å². The van der Waals surface area contributed by atoms with E-state index in [0.29, 0.717) is 29.1 Å². The van der Waals surface area contributed by atoms with Gasteiger partial charge in [-0.3, -0.25) is 0 Å². The van der Waals surface area contributed by atoms with Crippen LogP contribution in [0.2, 0.25) is 10.0 Å². The van der Waals surface area contributed by atoms with Gasteiger partial charge in [0.2, 0.25) is 0 Å². The molecular formula is C17H22Cl2N6. The van der Waals surface area contributed by atoms with Crippen LogP contribution in [0.25, 0.3) is 0 Å². The lowest BCUT2D eigenvalue weighted by Gasteiger charge is -2.18. The summed E-state index contributed by atoms with van der Waals surface area (Å²) in [5, 5.41) is 15.8. The van der Waals surface area contributed by atoms with Gasteiger partial charge >= 0.3 is 0 Å². The van der Waals surface area contributed by atoms with E-state index in [1.807, 2.05) is 37.6 Å². The lowest BCUT2D eigenvalue weighted by atomic mass is 10.1. The SMILES string of the molecule is C=CCNC(=NCc1nnc(C)n1C)NC(C)c1ccc(Cl)c(Cl)c1. The molecule has 2 aromatic rings. The van der Waals surface area contributed by atoms with Crippen LogP contribution >= 0.6 is 23.2 Å². The average Bonchev–Trinajstić information content (AvgIpc) is 2.91. The summed E-state index contributed by atoms with van der Waals surface area (Å²) in [5.41, 5.74) is 1.01. The first-order valence-electron chi connectivity index (χ1n) is 7.88. The van der Waals surface area contributed by atoms with Crippen LogP contribution in [0.15, 0.2) is 35.8 Å². The molecule has 0 aliphatic rings. The Balaban J connectivity index is 2.12. The molecule has 1 unspecified atom stereocenters. The molecule has 2 N–H and O–H groups in total. The summed E-state index contributed by atoms with van der Waals surface area (Å²) in [6.07, 6.45) is 1.77. The molecule has 134 valence electrons. The Morgan fingerprint density at radius 2 is 2.12 bits per heavy atom. The largest absolute Gasteiger partial charge is 0.353 e. The second-order valence-corrected chi connectivity index (χ2v) is 6.41. The summed E-state index contributed by atoms with van der Waals surface area (Å²) in [7, 11) is 1.92. The van der Waals surface area contributed by atoms with E-state index in [-0.39, 0.29) is 6.04 Å². The second-order valence-electron chi connectivity index (χ2n) is 5.60. The van der Waals surface area contributed by atoms with Gasteiger partial charge in [-0.05, 0) is 31.5 Å². The molecule has 0 amide bonds. The maximum Gasteiger partial charge on any atom is 0.192 e. The molecule has 0 fully saturated rings. The van der Waals surface area contributed by atoms with Crippen molar-refractivity contribution in [3.63, 3.8) is 0 Å². The highest BCUT2D eigenvalue weighted by Gasteiger charge is 2.11. The number of rotatable bonds is 6. The predicted molar refractivity (Wildman–Crippen MR) is 103 cm³/mol. The van der Waals surface area contributed by atoms with Crippen molar-refractivity contribution in [2.75, 3.05) is 6.54 Å². The van der Waals surface area contributed by atoms with Crippen LogP contribution in [0.1, 0.15) is 30.2 Å². The van der Waals surface area contributed by atoms with Crippen molar-refractivity contribution < 1.29 is 0 Å². The van der Waals surface area contributed by atoms with Crippen LogP contribution in [0.5, 0.6) is 0 Å². The monoisotopic (exact) mass is 380 g/mol. The number of hydrogen-bond donors (Lipinski definition) is 2. The number of nitrogens with one attached hydrogen (secondary N) is 2. The standard InChI is InChI=1S/C17H22Cl2N6/c1-5-8-20-17(21-10-16-24-23-12(3)25(16)4)22-11(2)13-6-7-14(18)15(19)9-13/h5-7,9,11H,1,8,10H2,2-4H3,(H2,20,21,22). The Morgan fingerprint density at radius 3 is 2.72 bits per heavy atom. The minimum Gasteiger partial charge on any atom is -0.353 e. The first-order chi connectivity index (χ1) is 11.9. The highest BCUT2D eigenvalue weighted by molar-refractivity contribution is 6.42. The quantitative estimate of drug-likeness (QED) is 0.457. The van der Waals surface area contributed by atoms with Gasteiger partial charge in [-0.15, -0.1) is 16.8 Å². The third-order valence-electron chi connectivity index (χ3n) is 3.77. The summed E-state index contributed by atoms with van der Waals surface area (Å²) < 4.78 is 1.91.